The van der Waals surface area contributed by atoms with Crippen molar-refractivity contribution in [3.63, 3.8) is 0 Å². The molecule has 1 amide bonds. The normalized spacial score (nSPS) is 12.4. The highest BCUT2D eigenvalue weighted by Crippen LogP contribution is 2.15. The summed E-state index contributed by atoms with van der Waals surface area (Å²) in [6, 6.07) is 11.9. The Morgan fingerprint density at radius 3 is 2.47 bits per heavy atom. The molecule has 0 bridgehead atoms. The van der Waals surface area contributed by atoms with Gasteiger partial charge in [0.1, 0.15) is 11.2 Å². The molecule has 3 rings (SSSR count). The Morgan fingerprint density at radius 1 is 1.03 bits per heavy atom. The minimum atomic E-state index is -0.418. The number of carbonyl (C=O) groups excluding carboxylic acids is 1. The van der Waals surface area contributed by atoms with Crippen LogP contribution in [0.15, 0.2) is 51.4 Å². The molecular formula is C23H29N3O3S. The highest BCUT2D eigenvalue weighted by molar-refractivity contribution is 7.17. The van der Waals surface area contributed by atoms with Gasteiger partial charge in [0.15, 0.2) is 0 Å². The standard InChI is InChI=1S/C23H29N3O3S/c1-16(2)11-13-25-22(28)21-19(12-14-30-21)26(23(25)29)15-20(27)24-17(3)9-10-18-7-5-4-6-8-18/h4-8,12,14,16-17H,9-11,13,15H2,1-3H3,(H,24,27)/t17-/m1/s1. The molecule has 0 spiro atoms. The van der Waals surface area contributed by atoms with Gasteiger partial charge in [0.25, 0.3) is 5.56 Å². The molecule has 1 atom stereocenters. The first-order valence-corrected chi connectivity index (χ1v) is 11.3. The molecule has 0 saturated heterocycles. The van der Waals surface area contributed by atoms with E-state index in [9.17, 15) is 14.4 Å². The van der Waals surface area contributed by atoms with Crippen molar-refractivity contribution in [1.82, 2.24) is 14.5 Å². The van der Waals surface area contributed by atoms with Crippen molar-refractivity contribution in [2.45, 2.75) is 59.2 Å². The van der Waals surface area contributed by atoms with Crippen molar-refractivity contribution in [2.75, 3.05) is 0 Å². The number of hydrogen-bond donors (Lipinski definition) is 1. The molecule has 0 radical (unpaired) electrons. The number of nitrogens with one attached hydrogen (secondary N) is 1. The van der Waals surface area contributed by atoms with E-state index < -0.39 is 5.69 Å². The third-order valence-corrected chi connectivity index (χ3v) is 6.08. The van der Waals surface area contributed by atoms with Crippen molar-refractivity contribution < 1.29 is 4.79 Å². The first-order chi connectivity index (χ1) is 14.4. The zero-order chi connectivity index (χ0) is 21.7. The highest BCUT2D eigenvalue weighted by atomic mass is 32.1. The number of aryl methyl sites for hydroxylation is 1. The molecule has 0 unspecified atom stereocenters. The van der Waals surface area contributed by atoms with Crippen LogP contribution in [0.1, 0.15) is 39.2 Å². The van der Waals surface area contributed by atoms with Crippen LogP contribution in [0.3, 0.4) is 0 Å². The second-order valence-electron chi connectivity index (χ2n) is 8.14. The van der Waals surface area contributed by atoms with Crippen LogP contribution in [-0.2, 0) is 24.3 Å². The van der Waals surface area contributed by atoms with Crippen LogP contribution in [0, 0.1) is 5.92 Å². The lowest BCUT2D eigenvalue weighted by molar-refractivity contribution is -0.122. The fourth-order valence-corrected chi connectivity index (χ4v) is 4.28. The third-order valence-electron chi connectivity index (χ3n) is 5.18. The second-order valence-corrected chi connectivity index (χ2v) is 9.05. The number of thiophene rings is 1. The molecule has 1 aromatic carbocycles. The Hall–Kier alpha value is -2.67. The quantitative estimate of drug-likeness (QED) is 0.569. The Labute approximate surface area is 180 Å². The topological polar surface area (TPSA) is 73.1 Å². The van der Waals surface area contributed by atoms with E-state index in [4.69, 9.17) is 0 Å². The zero-order valence-electron chi connectivity index (χ0n) is 17.8. The van der Waals surface area contributed by atoms with Crippen LogP contribution in [0.5, 0.6) is 0 Å². The molecule has 6 nitrogen and oxygen atoms in total. The molecule has 160 valence electrons. The molecule has 30 heavy (non-hydrogen) atoms. The number of fused-ring (bicyclic) bond motifs is 1. The average Bonchev–Trinajstić information content (AvgIpc) is 3.20. The molecule has 0 aliphatic carbocycles. The number of rotatable bonds is 9. The number of amides is 1. The van der Waals surface area contributed by atoms with Gasteiger partial charge in [0, 0.05) is 12.6 Å². The fraction of sp³-hybridized carbons (Fsp3) is 0.435. The van der Waals surface area contributed by atoms with Gasteiger partial charge in [-0.3, -0.25) is 18.7 Å². The summed E-state index contributed by atoms with van der Waals surface area (Å²) in [7, 11) is 0. The molecule has 1 N–H and O–H groups in total. The minimum Gasteiger partial charge on any atom is -0.352 e. The summed E-state index contributed by atoms with van der Waals surface area (Å²) in [5.41, 5.74) is 1.08. The lowest BCUT2D eigenvalue weighted by Gasteiger charge is -2.16. The van der Waals surface area contributed by atoms with E-state index in [0.29, 0.717) is 22.7 Å². The van der Waals surface area contributed by atoms with Crippen LogP contribution < -0.4 is 16.6 Å². The van der Waals surface area contributed by atoms with E-state index in [1.807, 2.05) is 25.1 Å². The summed E-state index contributed by atoms with van der Waals surface area (Å²) >= 11 is 1.31. The second kappa shape index (κ2) is 9.89. The molecular weight excluding hydrogens is 398 g/mol. The molecule has 2 aromatic heterocycles. The van der Waals surface area contributed by atoms with Crippen molar-refractivity contribution in [2.24, 2.45) is 5.92 Å². The Balaban J connectivity index is 1.74. The largest absolute Gasteiger partial charge is 0.352 e. The smallest absolute Gasteiger partial charge is 0.332 e. The molecule has 0 aliphatic rings. The van der Waals surface area contributed by atoms with E-state index in [1.54, 1.807) is 11.4 Å². The maximum Gasteiger partial charge on any atom is 0.332 e. The summed E-state index contributed by atoms with van der Waals surface area (Å²) in [5.74, 6) is 0.150. The van der Waals surface area contributed by atoms with Crippen molar-refractivity contribution >= 4 is 27.5 Å². The Morgan fingerprint density at radius 2 is 1.77 bits per heavy atom. The van der Waals surface area contributed by atoms with Gasteiger partial charge in [-0.15, -0.1) is 11.3 Å². The lowest BCUT2D eigenvalue weighted by Crippen LogP contribution is -2.43. The van der Waals surface area contributed by atoms with E-state index >= 15 is 0 Å². The summed E-state index contributed by atoms with van der Waals surface area (Å²) in [5, 5.41) is 4.77. The predicted octanol–water partition coefficient (Wildman–Crippen LogP) is 3.41. The van der Waals surface area contributed by atoms with Crippen LogP contribution in [0.25, 0.3) is 10.2 Å². The number of benzene rings is 1. The van der Waals surface area contributed by atoms with Gasteiger partial charge in [-0.2, -0.15) is 0 Å². The summed E-state index contributed by atoms with van der Waals surface area (Å²) < 4.78 is 3.21. The van der Waals surface area contributed by atoms with Crippen molar-refractivity contribution in [1.29, 1.82) is 0 Å². The monoisotopic (exact) mass is 427 g/mol. The Bertz CT molecular complexity index is 1110. The van der Waals surface area contributed by atoms with Crippen molar-refractivity contribution in [3.8, 4) is 0 Å². The average molecular weight is 428 g/mol. The van der Waals surface area contributed by atoms with Gasteiger partial charge in [0.05, 0.1) is 5.52 Å². The maximum absolute atomic E-state index is 13.0. The Kier molecular flexibility index (Phi) is 7.26. The third kappa shape index (κ3) is 5.27. The first kappa shape index (κ1) is 22.0. The summed E-state index contributed by atoms with van der Waals surface area (Å²) in [6.45, 7) is 6.34. The van der Waals surface area contributed by atoms with E-state index in [0.717, 1.165) is 19.3 Å². The molecule has 3 aromatic rings. The van der Waals surface area contributed by atoms with Gasteiger partial charge in [-0.25, -0.2) is 4.79 Å². The van der Waals surface area contributed by atoms with Crippen LogP contribution >= 0.6 is 11.3 Å². The fourth-order valence-electron chi connectivity index (χ4n) is 3.43. The zero-order valence-corrected chi connectivity index (χ0v) is 18.6. The highest BCUT2D eigenvalue weighted by Gasteiger charge is 2.17. The van der Waals surface area contributed by atoms with Crippen molar-refractivity contribution in [3.05, 3.63) is 68.2 Å². The lowest BCUT2D eigenvalue weighted by atomic mass is 10.1. The van der Waals surface area contributed by atoms with Gasteiger partial charge >= 0.3 is 5.69 Å². The van der Waals surface area contributed by atoms with Gasteiger partial charge in [-0.05, 0) is 49.1 Å². The van der Waals surface area contributed by atoms with E-state index in [2.05, 4.69) is 31.3 Å². The number of hydrogen-bond acceptors (Lipinski definition) is 4. The predicted molar refractivity (Wildman–Crippen MR) is 122 cm³/mol. The van der Waals surface area contributed by atoms with Gasteiger partial charge in [0.2, 0.25) is 5.91 Å². The van der Waals surface area contributed by atoms with E-state index in [-0.39, 0.29) is 24.1 Å². The maximum atomic E-state index is 13.0. The van der Waals surface area contributed by atoms with Gasteiger partial charge in [-0.1, -0.05) is 44.2 Å². The van der Waals surface area contributed by atoms with E-state index in [1.165, 1.54) is 26.0 Å². The molecule has 7 heteroatoms. The number of aromatic nitrogens is 2. The van der Waals surface area contributed by atoms with Crippen LogP contribution in [-0.4, -0.2) is 21.1 Å². The molecule has 0 saturated carbocycles. The molecule has 2 heterocycles. The SMILES string of the molecule is CC(C)CCn1c(=O)c2sccc2n(CC(=O)N[C@H](C)CCc2ccccc2)c1=O. The first-order valence-electron chi connectivity index (χ1n) is 10.4. The summed E-state index contributed by atoms with van der Waals surface area (Å²) in [4.78, 5) is 38.4. The number of carbonyl (C=O) groups is 1. The van der Waals surface area contributed by atoms with Crippen LogP contribution in [0.2, 0.25) is 0 Å². The number of nitrogens with zero attached hydrogens (tertiary/aromatic N) is 2. The van der Waals surface area contributed by atoms with Crippen LogP contribution in [0.4, 0.5) is 0 Å². The molecule has 0 aliphatic heterocycles. The minimum absolute atomic E-state index is 0.0155. The summed E-state index contributed by atoms with van der Waals surface area (Å²) in [6.07, 6.45) is 2.41. The molecule has 0 fully saturated rings. The van der Waals surface area contributed by atoms with Gasteiger partial charge < -0.3 is 5.32 Å².